The van der Waals surface area contributed by atoms with Crippen LogP contribution in [0.2, 0.25) is 0 Å². The third-order valence-electron chi connectivity index (χ3n) is 3.74. The first kappa shape index (κ1) is 15.4. The van der Waals surface area contributed by atoms with Crippen LogP contribution in [0.4, 0.5) is 0 Å². The van der Waals surface area contributed by atoms with Gasteiger partial charge in [-0.25, -0.2) is 0 Å². The van der Waals surface area contributed by atoms with Crippen LogP contribution in [0.25, 0.3) is 0 Å². The molecule has 1 aliphatic rings. The van der Waals surface area contributed by atoms with Gasteiger partial charge in [-0.1, -0.05) is 30.3 Å². The zero-order chi connectivity index (χ0) is 14.4. The van der Waals surface area contributed by atoms with E-state index in [-0.39, 0.29) is 18.2 Å². The van der Waals surface area contributed by atoms with E-state index in [4.69, 9.17) is 9.47 Å². The number of carbonyl (C=O) groups excluding carboxylic acids is 1. The summed E-state index contributed by atoms with van der Waals surface area (Å²) < 4.78 is 10.9. The van der Waals surface area contributed by atoms with Crippen molar-refractivity contribution in [1.82, 2.24) is 0 Å². The highest BCUT2D eigenvalue weighted by atomic mass is 32.1. The summed E-state index contributed by atoms with van der Waals surface area (Å²) in [6.45, 7) is 0. The van der Waals surface area contributed by atoms with E-state index in [9.17, 15) is 4.79 Å². The highest BCUT2D eigenvalue weighted by Crippen LogP contribution is 2.24. The number of carbonyl (C=O) groups is 1. The molecular formula is C16H22O3S. The topological polar surface area (TPSA) is 35.5 Å². The summed E-state index contributed by atoms with van der Waals surface area (Å²) in [5, 5.41) is -0.402. The molecule has 3 atom stereocenters. The molecule has 0 spiro atoms. The van der Waals surface area contributed by atoms with Crippen molar-refractivity contribution >= 4 is 18.6 Å². The summed E-state index contributed by atoms with van der Waals surface area (Å²) in [5.74, 6) is -0.223. The molecule has 0 aromatic heterocycles. The predicted molar refractivity (Wildman–Crippen MR) is 82.1 cm³/mol. The van der Waals surface area contributed by atoms with Gasteiger partial charge in [0.2, 0.25) is 0 Å². The molecule has 20 heavy (non-hydrogen) atoms. The lowest BCUT2D eigenvalue weighted by atomic mass is 9.95. The largest absolute Gasteiger partial charge is 0.461 e. The van der Waals surface area contributed by atoms with Crippen molar-refractivity contribution in [3.05, 3.63) is 35.9 Å². The van der Waals surface area contributed by atoms with Crippen LogP contribution in [0.5, 0.6) is 0 Å². The molecule has 1 aliphatic carbocycles. The van der Waals surface area contributed by atoms with Gasteiger partial charge in [0.25, 0.3) is 0 Å². The molecule has 2 rings (SSSR count). The molecule has 0 aliphatic heterocycles. The molecule has 110 valence electrons. The van der Waals surface area contributed by atoms with Gasteiger partial charge < -0.3 is 9.47 Å². The average Bonchev–Trinajstić information content (AvgIpc) is 2.48. The molecule has 1 fully saturated rings. The normalized spacial score (nSPS) is 24.1. The second-order valence-corrected chi connectivity index (χ2v) is 5.91. The summed E-state index contributed by atoms with van der Waals surface area (Å²) in [4.78, 5) is 12.1. The fourth-order valence-electron chi connectivity index (χ4n) is 2.59. The van der Waals surface area contributed by atoms with Crippen LogP contribution in [-0.2, 0) is 20.7 Å². The Morgan fingerprint density at radius 3 is 2.70 bits per heavy atom. The predicted octanol–water partition coefficient (Wildman–Crippen LogP) is 3.03. The molecule has 1 aromatic rings. The van der Waals surface area contributed by atoms with Crippen molar-refractivity contribution < 1.29 is 14.3 Å². The molecule has 3 nitrogen and oxygen atoms in total. The van der Waals surface area contributed by atoms with E-state index >= 15 is 0 Å². The number of rotatable bonds is 5. The smallest absolute Gasteiger partial charge is 0.319 e. The molecule has 0 radical (unpaired) electrons. The number of hydrogen-bond donors (Lipinski definition) is 1. The minimum atomic E-state index is -0.402. The van der Waals surface area contributed by atoms with Gasteiger partial charge in [-0.15, -0.1) is 0 Å². The first-order valence-corrected chi connectivity index (χ1v) is 7.66. The van der Waals surface area contributed by atoms with Gasteiger partial charge in [0.15, 0.2) is 0 Å². The van der Waals surface area contributed by atoms with Gasteiger partial charge in [0.05, 0.1) is 6.10 Å². The lowest BCUT2D eigenvalue weighted by molar-refractivity contribution is -0.151. The van der Waals surface area contributed by atoms with E-state index in [1.807, 2.05) is 30.3 Å². The van der Waals surface area contributed by atoms with Gasteiger partial charge >= 0.3 is 5.97 Å². The Morgan fingerprint density at radius 1 is 1.30 bits per heavy atom. The fraction of sp³-hybridized carbons (Fsp3) is 0.562. The van der Waals surface area contributed by atoms with Crippen molar-refractivity contribution in [2.75, 3.05) is 7.11 Å². The Labute approximate surface area is 126 Å². The Morgan fingerprint density at radius 2 is 2.00 bits per heavy atom. The molecule has 4 heteroatoms. The van der Waals surface area contributed by atoms with Crippen molar-refractivity contribution in [3.63, 3.8) is 0 Å². The molecular weight excluding hydrogens is 272 g/mol. The van der Waals surface area contributed by atoms with Crippen LogP contribution >= 0.6 is 12.6 Å². The molecule has 1 aromatic carbocycles. The lowest BCUT2D eigenvalue weighted by Gasteiger charge is -2.28. The van der Waals surface area contributed by atoms with E-state index in [2.05, 4.69) is 12.6 Å². The van der Waals surface area contributed by atoms with Crippen molar-refractivity contribution in [2.45, 2.75) is 49.6 Å². The average molecular weight is 294 g/mol. The highest BCUT2D eigenvalue weighted by Gasteiger charge is 2.26. The first-order valence-electron chi connectivity index (χ1n) is 7.14. The number of methoxy groups -OCH3 is 1. The zero-order valence-electron chi connectivity index (χ0n) is 11.8. The van der Waals surface area contributed by atoms with Crippen LogP contribution in [0.1, 0.15) is 31.2 Å². The summed E-state index contributed by atoms with van der Waals surface area (Å²) in [5.41, 5.74) is 1.10. The van der Waals surface area contributed by atoms with Gasteiger partial charge in [-0.3, -0.25) is 4.79 Å². The quantitative estimate of drug-likeness (QED) is 0.670. The number of ether oxygens (including phenoxy) is 2. The summed E-state index contributed by atoms with van der Waals surface area (Å²) in [6, 6.07) is 9.88. The molecule has 0 N–H and O–H groups in total. The van der Waals surface area contributed by atoms with E-state index in [0.717, 1.165) is 31.2 Å². The zero-order valence-corrected chi connectivity index (χ0v) is 12.7. The van der Waals surface area contributed by atoms with Gasteiger partial charge in [-0.2, -0.15) is 12.6 Å². The van der Waals surface area contributed by atoms with E-state index in [0.29, 0.717) is 6.42 Å². The molecule has 0 saturated heterocycles. The molecule has 3 unspecified atom stereocenters. The number of thiol groups is 1. The Balaban J connectivity index is 1.81. The number of esters is 1. The van der Waals surface area contributed by atoms with Crippen LogP contribution in [-0.4, -0.2) is 30.5 Å². The van der Waals surface area contributed by atoms with Gasteiger partial charge in [-0.05, 0) is 31.2 Å². The monoisotopic (exact) mass is 294 g/mol. The summed E-state index contributed by atoms with van der Waals surface area (Å²) >= 11 is 4.38. The van der Waals surface area contributed by atoms with Crippen molar-refractivity contribution in [3.8, 4) is 0 Å². The van der Waals surface area contributed by atoms with Gasteiger partial charge in [0.1, 0.15) is 11.4 Å². The maximum atomic E-state index is 12.1. The van der Waals surface area contributed by atoms with Crippen LogP contribution in [0.3, 0.4) is 0 Å². The Bertz CT molecular complexity index is 421. The second kappa shape index (κ2) is 7.70. The van der Waals surface area contributed by atoms with E-state index in [1.165, 1.54) is 0 Å². The second-order valence-electron chi connectivity index (χ2n) is 5.29. The lowest BCUT2D eigenvalue weighted by Crippen LogP contribution is -2.32. The third-order valence-corrected chi connectivity index (χ3v) is 4.13. The molecule has 0 bridgehead atoms. The minimum Gasteiger partial charge on any atom is -0.461 e. The summed E-state index contributed by atoms with van der Waals surface area (Å²) in [6.07, 6.45) is 4.63. The molecule has 0 amide bonds. The van der Waals surface area contributed by atoms with Crippen LogP contribution < -0.4 is 0 Å². The minimum absolute atomic E-state index is 0.0216. The van der Waals surface area contributed by atoms with E-state index in [1.54, 1.807) is 7.11 Å². The third kappa shape index (κ3) is 4.53. The highest BCUT2D eigenvalue weighted by molar-refractivity contribution is 7.81. The van der Waals surface area contributed by atoms with Crippen LogP contribution in [0, 0.1) is 0 Å². The number of hydrogen-bond acceptors (Lipinski definition) is 4. The SMILES string of the molecule is COC1CCCC(OC(=O)C(S)Cc2ccccc2)C1. The van der Waals surface area contributed by atoms with Crippen LogP contribution in [0.15, 0.2) is 30.3 Å². The number of benzene rings is 1. The summed E-state index contributed by atoms with van der Waals surface area (Å²) in [7, 11) is 1.71. The van der Waals surface area contributed by atoms with Crippen molar-refractivity contribution in [1.29, 1.82) is 0 Å². The van der Waals surface area contributed by atoms with E-state index < -0.39 is 5.25 Å². The van der Waals surface area contributed by atoms with Crippen molar-refractivity contribution in [2.24, 2.45) is 0 Å². The Kier molecular flexibility index (Phi) is 5.92. The Hall–Kier alpha value is -1.00. The fourth-order valence-corrected chi connectivity index (χ4v) is 2.86. The standard InChI is InChI=1S/C16H22O3S/c1-18-13-8-5-9-14(11-13)19-16(17)15(20)10-12-6-3-2-4-7-12/h2-4,6-7,13-15,20H,5,8-11H2,1H3. The van der Waals surface area contributed by atoms with Gasteiger partial charge in [0, 0.05) is 13.5 Å². The first-order chi connectivity index (χ1) is 9.69. The maximum absolute atomic E-state index is 12.1. The molecule has 0 heterocycles. The molecule has 1 saturated carbocycles. The maximum Gasteiger partial charge on any atom is 0.319 e.